The van der Waals surface area contributed by atoms with Crippen LogP contribution in [0, 0.1) is 17.1 Å². The molecule has 3 aromatic carbocycles. The summed E-state index contributed by atoms with van der Waals surface area (Å²) >= 11 is 6.79. The number of hydrogen-bond acceptors (Lipinski definition) is 8. The SMILES string of the molecule is COc1nc(N2CCN(C(=O)C=CCN3CCCCC3)C(CC#N)C2)c2cc(Cl)c(-c3cc(O)cc4ccccc34)c(F)c2n1. The van der Waals surface area contributed by atoms with Crippen molar-refractivity contribution in [3.8, 4) is 29.0 Å². The topological polar surface area (TPSA) is 106 Å². The van der Waals surface area contributed by atoms with E-state index < -0.39 is 11.9 Å². The number of hydrogen-bond donors (Lipinski definition) is 1. The van der Waals surface area contributed by atoms with E-state index in [0.717, 1.165) is 30.4 Å². The molecule has 0 spiro atoms. The lowest BCUT2D eigenvalue weighted by atomic mass is 9.96. The number of carbonyl (C=O) groups excluding carboxylic acids is 1. The normalized spacial score (nSPS) is 17.7. The van der Waals surface area contributed by atoms with E-state index in [4.69, 9.17) is 16.3 Å². The highest BCUT2D eigenvalue weighted by Gasteiger charge is 2.32. The molecule has 1 amide bonds. The van der Waals surface area contributed by atoms with Crippen molar-refractivity contribution in [3.63, 3.8) is 0 Å². The van der Waals surface area contributed by atoms with Crippen molar-refractivity contribution >= 4 is 45.0 Å². The highest BCUT2D eigenvalue weighted by molar-refractivity contribution is 6.35. The molecule has 9 nitrogen and oxygen atoms in total. The van der Waals surface area contributed by atoms with Gasteiger partial charge in [0.15, 0.2) is 5.82 Å². The highest BCUT2D eigenvalue weighted by atomic mass is 35.5. The summed E-state index contributed by atoms with van der Waals surface area (Å²) in [7, 11) is 1.41. The van der Waals surface area contributed by atoms with Crippen LogP contribution in [0.2, 0.25) is 5.02 Å². The van der Waals surface area contributed by atoms with E-state index in [0.29, 0.717) is 36.4 Å². The van der Waals surface area contributed by atoms with E-state index in [1.807, 2.05) is 35.2 Å². The summed E-state index contributed by atoms with van der Waals surface area (Å²) in [6.07, 6.45) is 7.26. The maximum absolute atomic E-state index is 16.5. The Kier molecular flexibility index (Phi) is 9.01. The third kappa shape index (κ3) is 6.23. The molecule has 1 atom stereocenters. The van der Waals surface area contributed by atoms with Gasteiger partial charge < -0.3 is 19.6 Å². The second-order valence-corrected chi connectivity index (χ2v) is 11.9. The standard InChI is InChI=1S/C34H34ClFN6O3/c1-45-34-38-32-27(20-28(35)30(31(32)36)26-19-24(43)18-22-8-3-4-9-25(22)26)33(39-34)41-16-17-42(23(21-41)11-12-37)29(44)10-7-15-40-13-5-2-6-14-40/h3-4,7-10,18-20,23,43H,2,5-6,11,13-17,21H2,1H3. The number of nitriles is 1. The van der Waals surface area contributed by atoms with Gasteiger partial charge in [-0.15, -0.1) is 0 Å². The summed E-state index contributed by atoms with van der Waals surface area (Å²) in [4.78, 5) is 28.2. The number of phenolic OH excluding ortho intramolecular Hbond substituents is 1. The van der Waals surface area contributed by atoms with E-state index in [1.54, 1.807) is 23.1 Å². The van der Waals surface area contributed by atoms with E-state index in [1.165, 1.54) is 32.4 Å². The van der Waals surface area contributed by atoms with Crippen LogP contribution in [0.1, 0.15) is 25.7 Å². The van der Waals surface area contributed by atoms with Crippen molar-refractivity contribution in [3.05, 3.63) is 65.5 Å². The average molecular weight is 629 g/mol. The highest BCUT2D eigenvalue weighted by Crippen LogP contribution is 2.42. The lowest BCUT2D eigenvalue weighted by Crippen LogP contribution is -2.55. The number of piperidine rings is 1. The van der Waals surface area contributed by atoms with Crippen molar-refractivity contribution in [2.75, 3.05) is 51.3 Å². The monoisotopic (exact) mass is 628 g/mol. The number of nitrogens with zero attached hydrogens (tertiary/aromatic N) is 6. The van der Waals surface area contributed by atoms with Crippen LogP contribution in [0.15, 0.2) is 54.6 Å². The van der Waals surface area contributed by atoms with Crippen LogP contribution in [0.5, 0.6) is 11.8 Å². The smallest absolute Gasteiger partial charge is 0.318 e. The molecule has 6 rings (SSSR count). The molecule has 232 valence electrons. The number of aromatic nitrogens is 2. The first-order valence-corrected chi connectivity index (χ1v) is 15.5. The van der Waals surface area contributed by atoms with Gasteiger partial charge in [0.05, 0.1) is 30.7 Å². The number of methoxy groups -OCH3 is 1. The molecule has 2 saturated heterocycles. The number of ether oxygens (including phenoxy) is 1. The fourth-order valence-electron chi connectivity index (χ4n) is 6.40. The Morgan fingerprint density at radius 1 is 1.13 bits per heavy atom. The minimum Gasteiger partial charge on any atom is -0.508 e. The summed E-state index contributed by atoms with van der Waals surface area (Å²) in [5, 5.41) is 22.0. The third-order valence-electron chi connectivity index (χ3n) is 8.61. The Labute approximate surface area is 266 Å². The van der Waals surface area contributed by atoms with E-state index in [-0.39, 0.29) is 40.2 Å². The number of piperazine rings is 1. The molecule has 1 aromatic heterocycles. The average Bonchev–Trinajstić information content (AvgIpc) is 3.05. The van der Waals surface area contributed by atoms with Crippen molar-refractivity contribution in [2.24, 2.45) is 0 Å². The van der Waals surface area contributed by atoms with Crippen LogP contribution >= 0.6 is 11.6 Å². The second-order valence-electron chi connectivity index (χ2n) is 11.4. The first-order chi connectivity index (χ1) is 21.9. The minimum atomic E-state index is -0.670. The molecule has 0 radical (unpaired) electrons. The molecule has 1 N–H and O–H groups in total. The van der Waals surface area contributed by atoms with Crippen LogP contribution in [-0.2, 0) is 4.79 Å². The molecule has 0 bridgehead atoms. The van der Waals surface area contributed by atoms with Crippen LogP contribution in [0.4, 0.5) is 10.2 Å². The summed E-state index contributed by atoms with van der Waals surface area (Å²) in [5.41, 5.74) is 0.556. The molecule has 45 heavy (non-hydrogen) atoms. The lowest BCUT2D eigenvalue weighted by Gasteiger charge is -2.41. The fraction of sp³-hybridized carbons (Fsp3) is 0.353. The number of aromatic hydroxyl groups is 1. The summed E-state index contributed by atoms with van der Waals surface area (Å²) in [5.74, 6) is -0.413. The quantitative estimate of drug-likeness (QED) is 0.251. The second kappa shape index (κ2) is 13.3. The number of carbonyl (C=O) groups is 1. The first-order valence-electron chi connectivity index (χ1n) is 15.1. The Morgan fingerprint density at radius 2 is 1.93 bits per heavy atom. The predicted molar refractivity (Wildman–Crippen MR) is 173 cm³/mol. The number of amides is 1. The van der Waals surface area contributed by atoms with E-state index in [9.17, 15) is 15.2 Å². The van der Waals surface area contributed by atoms with Crippen LogP contribution in [-0.4, -0.2) is 83.2 Å². The van der Waals surface area contributed by atoms with Crippen molar-refractivity contribution in [2.45, 2.75) is 31.7 Å². The molecule has 1 unspecified atom stereocenters. The van der Waals surface area contributed by atoms with Gasteiger partial charge in [-0.1, -0.05) is 48.4 Å². The van der Waals surface area contributed by atoms with Gasteiger partial charge in [0, 0.05) is 43.2 Å². The Hall–Kier alpha value is -4.46. The van der Waals surface area contributed by atoms with Gasteiger partial charge in [0.2, 0.25) is 5.91 Å². The fourth-order valence-corrected chi connectivity index (χ4v) is 6.69. The van der Waals surface area contributed by atoms with Crippen molar-refractivity contribution in [1.29, 1.82) is 5.26 Å². The molecule has 2 aliphatic heterocycles. The number of likely N-dealkylation sites (tertiary alicyclic amines) is 1. The van der Waals surface area contributed by atoms with Crippen LogP contribution in [0.3, 0.4) is 0 Å². The van der Waals surface area contributed by atoms with Gasteiger partial charge >= 0.3 is 6.01 Å². The van der Waals surface area contributed by atoms with Crippen LogP contribution < -0.4 is 9.64 Å². The van der Waals surface area contributed by atoms with Gasteiger partial charge in [-0.2, -0.15) is 15.2 Å². The third-order valence-corrected chi connectivity index (χ3v) is 8.90. The van der Waals surface area contributed by atoms with Gasteiger partial charge in [-0.05, 0) is 60.5 Å². The summed E-state index contributed by atoms with van der Waals surface area (Å²) < 4.78 is 21.9. The minimum absolute atomic E-state index is 0.0136. The maximum atomic E-state index is 16.5. The molecule has 0 saturated carbocycles. The number of rotatable bonds is 7. The van der Waals surface area contributed by atoms with E-state index in [2.05, 4.69) is 20.9 Å². The number of benzene rings is 3. The Bertz CT molecular complexity index is 1820. The lowest BCUT2D eigenvalue weighted by molar-refractivity contribution is -0.128. The molecule has 2 aliphatic rings. The molecule has 4 aromatic rings. The molecule has 3 heterocycles. The molecular formula is C34H34ClFN6O3. The largest absolute Gasteiger partial charge is 0.508 e. The van der Waals surface area contributed by atoms with Gasteiger partial charge in [-0.3, -0.25) is 9.69 Å². The molecule has 0 aliphatic carbocycles. The number of phenols is 1. The van der Waals surface area contributed by atoms with Gasteiger partial charge in [0.1, 0.15) is 17.1 Å². The van der Waals surface area contributed by atoms with Crippen molar-refractivity contribution < 1.29 is 19.0 Å². The molecule has 2 fully saturated rings. The predicted octanol–water partition coefficient (Wildman–Crippen LogP) is 5.93. The van der Waals surface area contributed by atoms with Gasteiger partial charge in [-0.25, -0.2) is 4.39 Å². The first kappa shape index (κ1) is 30.6. The number of halogens is 2. The zero-order valence-electron chi connectivity index (χ0n) is 25.0. The Morgan fingerprint density at radius 3 is 2.71 bits per heavy atom. The molecule has 11 heteroatoms. The maximum Gasteiger partial charge on any atom is 0.318 e. The van der Waals surface area contributed by atoms with Crippen molar-refractivity contribution in [1.82, 2.24) is 19.8 Å². The van der Waals surface area contributed by atoms with Gasteiger partial charge in [0.25, 0.3) is 0 Å². The van der Waals surface area contributed by atoms with Crippen LogP contribution in [0.25, 0.3) is 32.8 Å². The zero-order valence-corrected chi connectivity index (χ0v) is 25.8. The molecular weight excluding hydrogens is 595 g/mol. The zero-order chi connectivity index (χ0) is 31.5. The number of anilines is 1. The number of fused-ring (bicyclic) bond motifs is 2. The van der Waals surface area contributed by atoms with E-state index >= 15 is 4.39 Å². The Balaban J connectivity index is 1.33. The summed E-state index contributed by atoms with van der Waals surface area (Å²) in [6.45, 7) is 3.89. The summed E-state index contributed by atoms with van der Waals surface area (Å²) in [6, 6.07) is 13.9.